The largest absolute Gasteiger partial charge is 0.343 e. The van der Waals surface area contributed by atoms with Crippen molar-refractivity contribution >= 4 is 24.0 Å². The van der Waals surface area contributed by atoms with Gasteiger partial charge in [-0.25, -0.2) is 8.78 Å². The molecule has 2 heterocycles. The average molecular weight is 396 g/mol. The summed E-state index contributed by atoms with van der Waals surface area (Å²) < 4.78 is 27.0. The van der Waals surface area contributed by atoms with Crippen LogP contribution in [0.2, 0.25) is 0 Å². The SMILES string of the molecule is N#CC1CC(F)(F)CN1C(=O)CNC(=O)c1ccncc1/C=C/c1ccccc1. The summed E-state index contributed by atoms with van der Waals surface area (Å²) in [5, 5.41) is 11.4. The molecule has 8 heteroatoms. The fraction of sp³-hybridized carbons (Fsp3) is 0.238. The van der Waals surface area contributed by atoms with Crippen LogP contribution in [0.1, 0.15) is 27.9 Å². The van der Waals surface area contributed by atoms with Gasteiger partial charge < -0.3 is 10.2 Å². The standard InChI is InChI=1S/C21H18F2N4O2/c22-21(23)10-17(11-24)27(14-21)19(28)13-26-20(29)18-8-9-25-12-16(18)7-6-15-4-2-1-3-5-15/h1-9,12,17H,10,13-14H2,(H,26,29)/b7-6+. The number of benzene rings is 1. The Hall–Kier alpha value is -3.60. The Bertz CT molecular complexity index is 970. The number of nitrogens with zero attached hydrogens (tertiary/aromatic N) is 3. The first kappa shape index (κ1) is 20.1. The normalized spacial score (nSPS) is 17.8. The summed E-state index contributed by atoms with van der Waals surface area (Å²) in [4.78, 5) is 29.6. The molecule has 148 valence electrons. The number of alkyl halides is 2. The van der Waals surface area contributed by atoms with E-state index in [2.05, 4.69) is 10.3 Å². The smallest absolute Gasteiger partial charge is 0.268 e. The molecule has 0 aliphatic carbocycles. The third-order valence-electron chi connectivity index (χ3n) is 4.49. The van der Waals surface area contributed by atoms with Crippen LogP contribution in [0, 0.1) is 11.3 Å². The van der Waals surface area contributed by atoms with Crippen LogP contribution in [0.4, 0.5) is 8.78 Å². The molecule has 3 rings (SSSR count). The number of hydrogen-bond acceptors (Lipinski definition) is 4. The maximum absolute atomic E-state index is 13.5. The Morgan fingerprint density at radius 3 is 2.76 bits per heavy atom. The molecular formula is C21H18F2N4O2. The number of likely N-dealkylation sites (tertiary alicyclic amines) is 1. The van der Waals surface area contributed by atoms with E-state index in [1.54, 1.807) is 12.1 Å². The van der Waals surface area contributed by atoms with Gasteiger partial charge in [0.25, 0.3) is 11.8 Å². The molecule has 1 aliphatic rings. The predicted octanol–water partition coefficient (Wildman–Crippen LogP) is 2.74. The summed E-state index contributed by atoms with van der Waals surface area (Å²) in [5.41, 5.74) is 1.78. The van der Waals surface area contributed by atoms with E-state index in [0.29, 0.717) is 11.1 Å². The van der Waals surface area contributed by atoms with Gasteiger partial charge in [0.15, 0.2) is 0 Å². The molecule has 1 fully saturated rings. The molecule has 6 nitrogen and oxygen atoms in total. The lowest BCUT2D eigenvalue weighted by atomic mass is 10.1. The number of halogens is 2. The van der Waals surface area contributed by atoms with Gasteiger partial charge in [0, 0.05) is 29.9 Å². The van der Waals surface area contributed by atoms with Crippen molar-refractivity contribution < 1.29 is 18.4 Å². The number of amides is 2. The monoisotopic (exact) mass is 396 g/mol. The van der Waals surface area contributed by atoms with E-state index in [0.717, 1.165) is 10.5 Å². The van der Waals surface area contributed by atoms with Crippen molar-refractivity contribution in [3.8, 4) is 6.07 Å². The minimum absolute atomic E-state index is 0.295. The molecule has 0 radical (unpaired) electrons. The van der Waals surface area contributed by atoms with Gasteiger partial charge in [-0.3, -0.25) is 14.6 Å². The summed E-state index contributed by atoms with van der Waals surface area (Å²) in [7, 11) is 0. The zero-order chi connectivity index (χ0) is 20.9. The molecule has 0 bridgehead atoms. The van der Waals surface area contributed by atoms with E-state index < -0.39 is 43.3 Å². The summed E-state index contributed by atoms with van der Waals surface area (Å²) in [6.45, 7) is -1.29. The van der Waals surface area contributed by atoms with Crippen molar-refractivity contribution in [2.24, 2.45) is 0 Å². The van der Waals surface area contributed by atoms with Crippen molar-refractivity contribution in [3.05, 3.63) is 65.5 Å². The lowest BCUT2D eigenvalue weighted by Gasteiger charge is -2.19. The highest BCUT2D eigenvalue weighted by Gasteiger charge is 2.47. The first-order chi connectivity index (χ1) is 13.9. The van der Waals surface area contributed by atoms with Gasteiger partial charge >= 0.3 is 0 Å². The van der Waals surface area contributed by atoms with Crippen LogP contribution in [0.25, 0.3) is 12.2 Å². The first-order valence-corrected chi connectivity index (χ1v) is 8.92. The Labute approximate surface area is 166 Å². The zero-order valence-electron chi connectivity index (χ0n) is 15.4. The van der Waals surface area contributed by atoms with Gasteiger partial charge in [-0.15, -0.1) is 0 Å². The molecule has 1 aliphatic heterocycles. The molecular weight excluding hydrogens is 378 g/mol. The van der Waals surface area contributed by atoms with Crippen LogP contribution in [0.15, 0.2) is 48.8 Å². The van der Waals surface area contributed by atoms with Gasteiger partial charge in [-0.2, -0.15) is 5.26 Å². The fourth-order valence-corrected chi connectivity index (χ4v) is 3.04. The zero-order valence-corrected chi connectivity index (χ0v) is 15.4. The summed E-state index contributed by atoms with van der Waals surface area (Å²) in [5.74, 6) is -4.36. The highest BCUT2D eigenvalue weighted by molar-refractivity contribution is 6.00. The molecule has 0 spiro atoms. The van der Waals surface area contributed by atoms with Crippen LogP contribution >= 0.6 is 0 Å². The average Bonchev–Trinajstić information content (AvgIpc) is 3.06. The van der Waals surface area contributed by atoms with Crippen LogP contribution in [0.5, 0.6) is 0 Å². The van der Waals surface area contributed by atoms with Gasteiger partial charge in [-0.05, 0) is 11.6 Å². The van der Waals surface area contributed by atoms with E-state index in [9.17, 15) is 18.4 Å². The van der Waals surface area contributed by atoms with Gasteiger partial charge in [0.05, 0.1) is 19.2 Å². The van der Waals surface area contributed by atoms with Crippen molar-refractivity contribution in [3.63, 3.8) is 0 Å². The third kappa shape index (κ3) is 5.02. The number of nitrogens with one attached hydrogen (secondary N) is 1. The molecule has 1 saturated heterocycles. The van der Waals surface area contributed by atoms with Crippen molar-refractivity contribution in [1.82, 2.24) is 15.2 Å². The van der Waals surface area contributed by atoms with Gasteiger partial charge in [0.1, 0.15) is 6.04 Å². The van der Waals surface area contributed by atoms with Crippen molar-refractivity contribution in [2.45, 2.75) is 18.4 Å². The van der Waals surface area contributed by atoms with Crippen LogP contribution < -0.4 is 5.32 Å². The fourth-order valence-electron chi connectivity index (χ4n) is 3.04. The summed E-state index contributed by atoms with van der Waals surface area (Å²) in [6, 6.07) is 11.5. The second-order valence-electron chi connectivity index (χ2n) is 6.62. The molecule has 1 atom stereocenters. The van der Waals surface area contributed by atoms with Crippen molar-refractivity contribution in [1.29, 1.82) is 5.26 Å². The Morgan fingerprint density at radius 1 is 1.28 bits per heavy atom. The molecule has 1 N–H and O–H groups in total. The summed E-state index contributed by atoms with van der Waals surface area (Å²) in [6.07, 6.45) is 5.82. The minimum atomic E-state index is -3.10. The molecule has 1 aromatic carbocycles. The second kappa shape index (κ2) is 8.61. The van der Waals surface area contributed by atoms with Gasteiger partial charge in [-0.1, -0.05) is 42.5 Å². The van der Waals surface area contributed by atoms with E-state index in [4.69, 9.17) is 5.26 Å². The molecule has 1 unspecified atom stereocenters. The van der Waals surface area contributed by atoms with E-state index >= 15 is 0 Å². The van der Waals surface area contributed by atoms with Crippen LogP contribution in [-0.2, 0) is 4.79 Å². The number of aromatic nitrogens is 1. The Kier molecular flexibility index (Phi) is 5.98. The number of pyridine rings is 1. The Balaban J connectivity index is 1.66. The highest BCUT2D eigenvalue weighted by atomic mass is 19.3. The lowest BCUT2D eigenvalue weighted by Crippen LogP contribution is -2.43. The second-order valence-corrected chi connectivity index (χ2v) is 6.62. The quantitative estimate of drug-likeness (QED) is 0.842. The number of carbonyl (C=O) groups excluding carboxylic acids is 2. The molecule has 29 heavy (non-hydrogen) atoms. The predicted molar refractivity (Wildman–Crippen MR) is 103 cm³/mol. The van der Waals surface area contributed by atoms with Crippen molar-refractivity contribution in [2.75, 3.05) is 13.1 Å². The van der Waals surface area contributed by atoms with Gasteiger partial charge in [0.2, 0.25) is 5.91 Å². The van der Waals surface area contributed by atoms with E-state index in [1.165, 1.54) is 18.5 Å². The summed E-state index contributed by atoms with van der Waals surface area (Å²) >= 11 is 0. The first-order valence-electron chi connectivity index (χ1n) is 8.92. The number of nitriles is 1. The minimum Gasteiger partial charge on any atom is -0.343 e. The number of carbonyl (C=O) groups is 2. The highest BCUT2D eigenvalue weighted by Crippen LogP contribution is 2.31. The van der Waals surface area contributed by atoms with E-state index in [1.807, 2.05) is 36.4 Å². The van der Waals surface area contributed by atoms with Crippen LogP contribution in [-0.4, -0.2) is 46.8 Å². The molecule has 2 amide bonds. The maximum Gasteiger partial charge on any atom is 0.268 e. The lowest BCUT2D eigenvalue weighted by molar-refractivity contribution is -0.131. The number of rotatable bonds is 5. The van der Waals surface area contributed by atoms with E-state index in [-0.39, 0.29) is 0 Å². The van der Waals surface area contributed by atoms with Crippen LogP contribution in [0.3, 0.4) is 0 Å². The molecule has 0 saturated carbocycles. The Morgan fingerprint density at radius 2 is 2.03 bits per heavy atom. The topological polar surface area (TPSA) is 86.1 Å². The number of hydrogen-bond donors (Lipinski definition) is 1. The molecule has 2 aromatic rings. The maximum atomic E-state index is 13.5. The molecule has 1 aromatic heterocycles. The third-order valence-corrected chi connectivity index (χ3v) is 4.49.